The summed E-state index contributed by atoms with van der Waals surface area (Å²) in [5.74, 6) is 5.78. The van der Waals surface area contributed by atoms with Gasteiger partial charge in [-0.2, -0.15) is 0 Å². The maximum atomic E-state index is 5.99. The van der Waals surface area contributed by atoms with Gasteiger partial charge in [-0.1, -0.05) is 5.92 Å². The molecule has 2 rings (SSSR count). The third-order valence-corrected chi connectivity index (χ3v) is 3.56. The molecule has 18 heavy (non-hydrogen) atoms. The molecule has 0 aromatic carbocycles. The van der Waals surface area contributed by atoms with Crippen molar-refractivity contribution < 1.29 is 9.31 Å². The molecule has 3 nitrogen and oxygen atoms in total. The van der Waals surface area contributed by atoms with Crippen molar-refractivity contribution in [3.05, 3.63) is 24.0 Å². The van der Waals surface area contributed by atoms with E-state index in [1.807, 2.05) is 39.8 Å². The monoisotopic (exact) mass is 243 g/mol. The normalized spacial score (nSPS) is 20.4. The van der Waals surface area contributed by atoms with Crippen LogP contribution in [-0.4, -0.2) is 23.3 Å². The first-order valence-corrected chi connectivity index (χ1v) is 6.10. The van der Waals surface area contributed by atoms with Crippen LogP contribution in [0.25, 0.3) is 0 Å². The van der Waals surface area contributed by atoms with Gasteiger partial charge < -0.3 is 9.31 Å². The van der Waals surface area contributed by atoms with Gasteiger partial charge in [0.1, 0.15) is 5.69 Å². The van der Waals surface area contributed by atoms with Gasteiger partial charge in [0.25, 0.3) is 0 Å². The van der Waals surface area contributed by atoms with Gasteiger partial charge >= 0.3 is 7.12 Å². The molecule has 1 aliphatic heterocycles. The Morgan fingerprint density at radius 2 is 1.78 bits per heavy atom. The van der Waals surface area contributed by atoms with Crippen LogP contribution < -0.4 is 5.46 Å². The fraction of sp³-hybridized carbons (Fsp3) is 0.500. The standard InChI is InChI=1S/C14H18BNO2/c1-6-7-12-10-11(8-9-16-12)15-17-13(2,3)14(4,5)18-15/h8-10H,1-5H3. The quantitative estimate of drug-likeness (QED) is 0.556. The van der Waals surface area contributed by atoms with E-state index in [0.29, 0.717) is 0 Å². The summed E-state index contributed by atoms with van der Waals surface area (Å²) in [5.41, 5.74) is 1.06. The largest absolute Gasteiger partial charge is 0.494 e. The summed E-state index contributed by atoms with van der Waals surface area (Å²) >= 11 is 0. The minimum Gasteiger partial charge on any atom is -0.399 e. The Bertz CT molecular complexity index is 498. The molecular formula is C14H18BNO2. The zero-order valence-electron chi connectivity index (χ0n) is 11.6. The van der Waals surface area contributed by atoms with Gasteiger partial charge in [0, 0.05) is 6.20 Å². The van der Waals surface area contributed by atoms with Crippen LogP contribution in [0.15, 0.2) is 18.3 Å². The SMILES string of the molecule is CC#Cc1cc(B2OC(C)(C)C(C)(C)O2)ccn1. The molecule has 0 radical (unpaired) electrons. The Labute approximate surface area is 109 Å². The Balaban J connectivity index is 2.28. The zero-order valence-corrected chi connectivity index (χ0v) is 11.6. The van der Waals surface area contributed by atoms with E-state index in [1.54, 1.807) is 13.1 Å². The summed E-state index contributed by atoms with van der Waals surface area (Å²) < 4.78 is 12.0. The van der Waals surface area contributed by atoms with Gasteiger partial charge in [-0.3, -0.25) is 0 Å². The first-order chi connectivity index (χ1) is 8.36. The fourth-order valence-electron chi connectivity index (χ4n) is 1.77. The van der Waals surface area contributed by atoms with Gasteiger partial charge in [-0.15, -0.1) is 0 Å². The average molecular weight is 243 g/mol. The maximum absolute atomic E-state index is 5.99. The second kappa shape index (κ2) is 4.42. The topological polar surface area (TPSA) is 31.4 Å². The van der Waals surface area contributed by atoms with Crippen LogP contribution in [-0.2, 0) is 9.31 Å². The lowest BCUT2D eigenvalue weighted by molar-refractivity contribution is 0.00578. The highest BCUT2D eigenvalue weighted by Crippen LogP contribution is 2.36. The van der Waals surface area contributed by atoms with E-state index < -0.39 is 0 Å². The lowest BCUT2D eigenvalue weighted by Gasteiger charge is -2.32. The highest BCUT2D eigenvalue weighted by Gasteiger charge is 2.51. The predicted molar refractivity (Wildman–Crippen MR) is 72.5 cm³/mol. The Kier molecular flexibility index (Phi) is 3.22. The minimum absolute atomic E-state index is 0.322. The molecule has 0 aliphatic carbocycles. The van der Waals surface area contributed by atoms with Crippen LogP contribution in [0.2, 0.25) is 0 Å². The predicted octanol–water partition coefficient (Wildman–Crippen LogP) is 1.75. The molecule has 0 N–H and O–H groups in total. The van der Waals surface area contributed by atoms with Crippen molar-refractivity contribution in [1.82, 2.24) is 4.98 Å². The summed E-state index contributed by atoms with van der Waals surface area (Å²) in [6, 6.07) is 3.82. The van der Waals surface area contributed by atoms with Gasteiger partial charge in [0.05, 0.1) is 11.2 Å². The van der Waals surface area contributed by atoms with E-state index in [2.05, 4.69) is 16.8 Å². The zero-order chi connectivity index (χ0) is 13.4. The van der Waals surface area contributed by atoms with Crippen LogP contribution in [0.5, 0.6) is 0 Å². The molecule has 1 fully saturated rings. The number of nitrogens with zero attached hydrogens (tertiary/aromatic N) is 1. The molecule has 0 saturated carbocycles. The van der Waals surface area contributed by atoms with Crippen molar-refractivity contribution in [2.45, 2.75) is 45.8 Å². The average Bonchev–Trinajstić information content (AvgIpc) is 2.49. The van der Waals surface area contributed by atoms with Crippen molar-refractivity contribution in [3.63, 3.8) is 0 Å². The number of aromatic nitrogens is 1. The smallest absolute Gasteiger partial charge is 0.399 e. The molecule has 1 aliphatic rings. The molecule has 1 aromatic heterocycles. The lowest BCUT2D eigenvalue weighted by atomic mass is 9.79. The number of hydrogen-bond acceptors (Lipinski definition) is 3. The second-order valence-corrected chi connectivity index (χ2v) is 5.44. The van der Waals surface area contributed by atoms with Gasteiger partial charge in [0.2, 0.25) is 0 Å². The summed E-state index contributed by atoms with van der Waals surface area (Å²) in [4.78, 5) is 4.19. The molecule has 0 amide bonds. The maximum Gasteiger partial charge on any atom is 0.494 e. The van der Waals surface area contributed by atoms with Crippen molar-refractivity contribution in [3.8, 4) is 11.8 Å². The summed E-state index contributed by atoms with van der Waals surface area (Å²) in [6.45, 7) is 9.97. The van der Waals surface area contributed by atoms with Gasteiger partial charge in [0.15, 0.2) is 0 Å². The minimum atomic E-state index is -0.351. The summed E-state index contributed by atoms with van der Waals surface area (Å²) in [6.07, 6.45) is 1.74. The van der Waals surface area contributed by atoms with Crippen LogP contribution in [0, 0.1) is 11.8 Å². The number of hydrogen-bond donors (Lipinski definition) is 0. The van der Waals surface area contributed by atoms with E-state index >= 15 is 0 Å². The molecule has 0 unspecified atom stereocenters. The van der Waals surface area contributed by atoms with Crippen LogP contribution in [0.1, 0.15) is 40.3 Å². The van der Waals surface area contributed by atoms with Crippen LogP contribution in [0.3, 0.4) is 0 Å². The molecule has 1 saturated heterocycles. The first-order valence-electron chi connectivity index (χ1n) is 6.10. The highest BCUT2D eigenvalue weighted by atomic mass is 16.7. The van der Waals surface area contributed by atoms with Crippen molar-refractivity contribution in [2.75, 3.05) is 0 Å². The van der Waals surface area contributed by atoms with E-state index in [-0.39, 0.29) is 18.3 Å². The van der Waals surface area contributed by atoms with Crippen molar-refractivity contribution in [2.24, 2.45) is 0 Å². The van der Waals surface area contributed by atoms with Crippen LogP contribution in [0.4, 0.5) is 0 Å². The first kappa shape index (κ1) is 13.1. The molecule has 4 heteroatoms. The van der Waals surface area contributed by atoms with E-state index in [1.165, 1.54) is 0 Å². The number of rotatable bonds is 1. The number of pyridine rings is 1. The molecule has 0 spiro atoms. The Hall–Kier alpha value is -1.31. The van der Waals surface area contributed by atoms with Crippen molar-refractivity contribution >= 4 is 12.6 Å². The van der Waals surface area contributed by atoms with Crippen molar-refractivity contribution in [1.29, 1.82) is 0 Å². The van der Waals surface area contributed by atoms with Gasteiger partial charge in [-0.25, -0.2) is 4.98 Å². The molecule has 0 bridgehead atoms. The van der Waals surface area contributed by atoms with E-state index in [4.69, 9.17) is 9.31 Å². The summed E-state index contributed by atoms with van der Waals surface area (Å²) in [5, 5.41) is 0. The molecule has 2 heterocycles. The third-order valence-electron chi connectivity index (χ3n) is 3.56. The van der Waals surface area contributed by atoms with Crippen LogP contribution >= 0.6 is 0 Å². The van der Waals surface area contributed by atoms with E-state index in [9.17, 15) is 0 Å². The molecule has 0 atom stereocenters. The lowest BCUT2D eigenvalue weighted by Crippen LogP contribution is -2.41. The summed E-state index contributed by atoms with van der Waals surface area (Å²) in [7, 11) is -0.351. The molecule has 1 aromatic rings. The second-order valence-electron chi connectivity index (χ2n) is 5.44. The van der Waals surface area contributed by atoms with Gasteiger partial charge in [-0.05, 0) is 58.1 Å². The Morgan fingerprint density at radius 1 is 1.17 bits per heavy atom. The molecular weight excluding hydrogens is 225 g/mol. The van der Waals surface area contributed by atoms with E-state index in [0.717, 1.165) is 11.2 Å². The Morgan fingerprint density at radius 3 is 2.33 bits per heavy atom. The molecule has 94 valence electrons. The third kappa shape index (κ3) is 2.29. The highest BCUT2D eigenvalue weighted by molar-refractivity contribution is 6.62. The fourth-order valence-corrected chi connectivity index (χ4v) is 1.77.